The zero-order valence-electron chi connectivity index (χ0n) is 9.55. The summed E-state index contributed by atoms with van der Waals surface area (Å²) in [6.07, 6.45) is 5.86. The lowest BCUT2D eigenvalue weighted by Gasteiger charge is -2.05. The van der Waals surface area contributed by atoms with E-state index in [1.807, 2.05) is 0 Å². The molecule has 1 aromatic rings. The average molecular weight is 259 g/mol. The Kier molecular flexibility index (Phi) is 4.14. The fourth-order valence-corrected chi connectivity index (χ4v) is 2.36. The first-order valence-corrected chi connectivity index (χ1v) is 7.23. The molecule has 1 fully saturated rings. The summed E-state index contributed by atoms with van der Waals surface area (Å²) in [5.74, 6) is 0.748. The van der Waals surface area contributed by atoms with Gasteiger partial charge >= 0.3 is 0 Å². The molecule has 7 heteroatoms. The normalized spacial score (nSPS) is 16.2. The zero-order valence-corrected chi connectivity index (χ0v) is 10.4. The topological polar surface area (TPSA) is 84.1 Å². The standard InChI is InChI=1S/C10H17N3O3S/c14-17(15,10-6-11-12-7-10)13-4-1-5-16-8-9-2-3-9/h6-7,9,13H,1-5,8H2,(H,11,12). The third-order valence-corrected chi connectivity index (χ3v) is 4.02. The van der Waals surface area contributed by atoms with E-state index in [1.165, 1.54) is 25.2 Å². The van der Waals surface area contributed by atoms with Gasteiger partial charge in [0.15, 0.2) is 0 Å². The Balaban J connectivity index is 1.60. The van der Waals surface area contributed by atoms with Gasteiger partial charge in [-0.3, -0.25) is 5.10 Å². The van der Waals surface area contributed by atoms with Crippen LogP contribution >= 0.6 is 0 Å². The number of nitrogens with zero attached hydrogens (tertiary/aromatic N) is 1. The Bertz CT molecular complexity index is 426. The van der Waals surface area contributed by atoms with E-state index in [2.05, 4.69) is 14.9 Å². The molecular weight excluding hydrogens is 242 g/mol. The highest BCUT2D eigenvalue weighted by molar-refractivity contribution is 7.89. The van der Waals surface area contributed by atoms with Gasteiger partial charge in [-0.05, 0) is 25.2 Å². The predicted molar refractivity (Wildman–Crippen MR) is 61.9 cm³/mol. The highest BCUT2D eigenvalue weighted by atomic mass is 32.2. The van der Waals surface area contributed by atoms with Crippen LogP contribution in [0.2, 0.25) is 0 Å². The molecule has 1 saturated carbocycles. The van der Waals surface area contributed by atoms with Crippen LogP contribution in [0.4, 0.5) is 0 Å². The summed E-state index contributed by atoms with van der Waals surface area (Å²) in [6, 6.07) is 0. The van der Waals surface area contributed by atoms with E-state index < -0.39 is 10.0 Å². The van der Waals surface area contributed by atoms with E-state index in [1.54, 1.807) is 0 Å². The molecule has 0 aromatic carbocycles. The third-order valence-electron chi connectivity index (χ3n) is 2.59. The van der Waals surface area contributed by atoms with Crippen LogP contribution in [0.3, 0.4) is 0 Å². The largest absolute Gasteiger partial charge is 0.381 e. The third kappa shape index (κ3) is 4.10. The van der Waals surface area contributed by atoms with Crippen molar-refractivity contribution in [1.82, 2.24) is 14.9 Å². The molecule has 1 aromatic heterocycles. The van der Waals surface area contributed by atoms with Crippen LogP contribution in [0, 0.1) is 5.92 Å². The van der Waals surface area contributed by atoms with E-state index in [4.69, 9.17) is 4.74 Å². The maximum absolute atomic E-state index is 11.6. The Morgan fingerprint density at radius 3 is 3.00 bits per heavy atom. The molecule has 0 aliphatic heterocycles. The Hall–Kier alpha value is -0.920. The minimum atomic E-state index is -3.41. The lowest BCUT2D eigenvalue weighted by molar-refractivity contribution is 0.123. The molecule has 2 N–H and O–H groups in total. The van der Waals surface area contributed by atoms with Gasteiger partial charge in [0.05, 0.1) is 6.20 Å². The molecule has 0 bridgehead atoms. The monoisotopic (exact) mass is 259 g/mol. The molecule has 96 valence electrons. The van der Waals surface area contributed by atoms with Gasteiger partial charge in [-0.2, -0.15) is 5.10 Å². The lowest BCUT2D eigenvalue weighted by atomic mass is 10.4. The van der Waals surface area contributed by atoms with Gasteiger partial charge in [0.25, 0.3) is 0 Å². The molecule has 0 unspecified atom stereocenters. The number of aromatic nitrogens is 2. The number of H-pyrrole nitrogens is 1. The van der Waals surface area contributed by atoms with Crippen LogP contribution in [0.5, 0.6) is 0 Å². The van der Waals surface area contributed by atoms with Gasteiger partial charge in [-0.15, -0.1) is 0 Å². The molecule has 0 atom stereocenters. The molecule has 0 radical (unpaired) electrons. The van der Waals surface area contributed by atoms with Crippen molar-refractivity contribution in [2.75, 3.05) is 19.8 Å². The SMILES string of the molecule is O=S(=O)(NCCCOCC1CC1)c1cn[nH]c1. The van der Waals surface area contributed by atoms with Crippen LogP contribution in [-0.4, -0.2) is 38.4 Å². The molecule has 1 heterocycles. The van der Waals surface area contributed by atoms with E-state index in [0.717, 1.165) is 12.5 Å². The highest BCUT2D eigenvalue weighted by Crippen LogP contribution is 2.28. The van der Waals surface area contributed by atoms with Crippen LogP contribution in [0.1, 0.15) is 19.3 Å². The van der Waals surface area contributed by atoms with Crippen molar-refractivity contribution in [3.63, 3.8) is 0 Å². The fourth-order valence-electron chi connectivity index (χ4n) is 1.38. The van der Waals surface area contributed by atoms with Crippen molar-refractivity contribution in [3.8, 4) is 0 Å². The first-order chi connectivity index (χ1) is 8.18. The molecular formula is C10H17N3O3S. The van der Waals surface area contributed by atoms with E-state index in [-0.39, 0.29) is 4.90 Å². The molecule has 17 heavy (non-hydrogen) atoms. The smallest absolute Gasteiger partial charge is 0.243 e. The zero-order chi connectivity index (χ0) is 12.1. The number of ether oxygens (including phenoxy) is 1. The Labute approximate surface area is 101 Å². The molecule has 0 saturated heterocycles. The highest BCUT2D eigenvalue weighted by Gasteiger charge is 2.21. The summed E-state index contributed by atoms with van der Waals surface area (Å²) >= 11 is 0. The molecule has 6 nitrogen and oxygen atoms in total. The molecule has 0 spiro atoms. The maximum atomic E-state index is 11.6. The summed E-state index contributed by atoms with van der Waals surface area (Å²) in [5.41, 5.74) is 0. The number of rotatable bonds is 8. The van der Waals surface area contributed by atoms with Crippen LogP contribution in [0.25, 0.3) is 0 Å². The summed E-state index contributed by atoms with van der Waals surface area (Å²) < 4.78 is 31.2. The first-order valence-electron chi connectivity index (χ1n) is 5.75. The minimum absolute atomic E-state index is 0.163. The first kappa shape index (κ1) is 12.5. The van der Waals surface area contributed by atoms with Gasteiger partial charge in [-0.25, -0.2) is 13.1 Å². The van der Waals surface area contributed by atoms with Crippen molar-refractivity contribution in [1.29, 1.82) is 0 Å². The maximum Gasteiger partial charge on any atom is 0.243 e. The van der Waals surface area contributed by atoms with Crippen molar-refractivity contribution in [3.05, 3.63) is 12.4 Å². The van der Waals surface area contributed by atoms with Crippen molar-refractivity contribution in [2.24, 2.45) is 5.92 Å². The minimum Gasteiger partial charge on any atom is -0.381 e. The van der Waals surface area contributed by atoms with Crippen molar-refractivity contribution < 1.29 is 13.2 Å². The summed E-state index contributed by atoms with van der Waals surface area (Å²) in [6.45, 7) is 1.80. The second-order valence-corrected chi connectivity index (χ2v) is 5.97. The number of hydrogen-bond acceptors (Lipinski definition) is 4. The van der Waals surface area contributed by atoms with Crippen LogP contribution < -0.4 is 4.72 Å². The van der Waals surface area contributed by atoms with E-state index in [0.29, 0.717) is 19.6 Å². The summed E-state index contributed by atoms with van der Waals surface area (Å²) in [5, 5.41) is 6.08. The quantitative estimate of drug-likeness (QED) is 0.666. The Morgan fingerprint density at radius 2 is 2.35 bits per heavy atom. The van der Waals surface area contributed by atoms with Gasteiger partial charge < -0.3 is 4.74 Å². The van der Waals surface area contributed by atoms with Crippen molar-refractivity contribution in [2.45, 2.75) is 24.2 Å². The van der Waals surface area contributed by atoms with Crippen LogP contribution in [-0.2, 0) is 14.8 Å². The van der Waals surface area contributed by atoms with E-state index in [9.17, 15) is 8.42 Å². The number of nitrogens with one attached hydrogen (secondary N) is 2. The van der Waals surface area contributed by atoms with Crippen LogP contribution in [0.15, 0.2) is 17.3 Å². The van der Waals surface area contributed by atoms with Gasteiger partial charge in [0.2, 0.25) is 10.0 Å². The molecule has 2 rings (SSSR count). The van der Waals surface area contributed by atoms with Gasteiger partial charge in [0.1, 0.15) is 4.90 Å². The molecule has 1 aliphatic carbocycles. The summed E-state index contributed by atoms with van der Waals surface area (Å²) in [7, 11) is -3.41. The second kappa shape index (κ2) is 5.61. The lowest BCUT2D eigenvalue weighted by Crippen LogP contribution is -2.25. The number of aromatic amines is 1. The molecule has 0 amide bonds. The average Bonchev–Trinajstić information content (AvgIpc) is 2.94. The predicted octanol–water partition coefficient (Wildman–Crippen LogP) is 0.505. The van der Waals surface area contributed by atoms with Gasteiger partial charge in [0, 0.05) is 26.0 Å². The summed E-state index contributed by atoms with van der Waals surface area (Å²) in [4.78, 5) is 0.163. The molecule has 1 aliphatic rings. The number of sulfonamides is 1. The van der Waals surface area contributed by atoms with E-state index >= 15 is 0 Å². The number of hydrogen-bond donors (Lipinski definition) is 2. The van der Waals surface area contributed by atoms with Gasteiger partial charge in [-0.1, -0.05) is 0 Å². The van der Waals surface area contributed by atoms with Crippen molar-refractivity contribution >= 4 is 10.0 Å². The fraction of sp³-hybridized carbons (Fsp3) is 0.700. The second-order valence-electron chi connectivity index (χ2n) is 4.20. The Morgan fingerprint density at radius 1 is 1.53 bits per heavy atom.